The Bertz CT molecular complexity index is 479. The van der Waals surface area contributed by atoms with E-state index in [0.29, 0.717) is 8.81 Å². The molecule has 0 aliphatic rings. The summed E-state index contributed by atoms with van der Waals surface area (Å²) in [4.78, 5) is 10.2. The van der Waals surface area contributed by atoms with Gasteiger partial charge in [-0.05, 0) is 22.0 Å². The lowest BCUT2D eigenvalue weighted by atomic mass is 10.5. The molecule has 1 aromatic heterocycles. The average Bonchev–Trinajstić information content (AvgIpc) is 2.46. The molecule has 0 atom stereocenters. The fourth-order valence-corrected chi connectivity index (χ4v) is 4.30. The first kappa shape index (κ1) is 13.9. The minimum absolute atomic E-state index is 0.0507. The molecule has 1 heterocycles. The number of rotatable bonds is 5. The fraction of sp³-hybridized carbons (Fsp3) is 0.286. The quantitative estimate of drug-likeness (QED) is 0.851. The molecule has 0 spiro atoms. The van der Waals surface area contributed by atoms with Gasteiger partial charge in [0.2, 0.25) is 10.0 Å². The second-order valence-electron chi connectivity index (χ2n) is 2.73. The van der Waals surface area contributed by atoms with E-state index in [-0.39, 0.29) is 17.2 Å². The van der Waals surface area contributed by atoms with Crippen molar-refractivity contribution >= 4 is 54.9 Å². The van der Waals surface area contributed by atoms with Gasteiger partial charge in [-0.1, -0.05) is 11.6 Å². The summed E-state index contributed by atoms with van der Waals surface area (Å²) < 4.78 is 26.0. The highest BCUT2D eigenvalue weighted by atomic mass is 79.9. The minimum Gasteiger partial charge on any atom is -0.481 e. The first-order valence-corrected chi connectivity index (χ1v) is 7.46. The van der Waals surface area contributed by atoms with Crippen LogP contribution in [0.4, 0.5) is 0 Å². The van der Waals surface area contributed by atoms with Crippen LogP contribution in [0.2, 0.25) is 5.02 Å². The van der Waals surface area contributed by atoms with Crippen LogP contribution in [0.5, 0.6) is 0 Å². The first-order chi connectivity index (χ1) is 7.33. The van der Waals surface area contributed by atoms with Gasteiger partial charge in [0.25, 0.3) is 0 Å². The third kappa shape index (κ3) is 3.70. The summed E-state index contributed by atoms with van der Waals surface area (Å²) in [5.41, 5.74) is 0. The van der Waals surface area contributed by atoms with Crippen molar-refractivity contribution in [1.82, 2.24) is 4.72 Å². The van der Waals surface area contributed by atoms with Crippen LogP contribution in [0, 0.1) is 0 Å². The molecule has 0 aliphatic heterocycles. The van der Waals surface area contributed by atoms with Gasteiger partial charge in [0.05, 0.1) is 15.2 Å². The molecule has 0 fully saturated rings. The summed E-state index contributed by atoms with van der Waals surface area (Å²) in [7, 11) is -3.67. The van der Waals surface area contributed by atoms with Crippen LogP contribution in [0.15, 0.2) is 14.1 Å². The highest BCUT2D eigenvalue weighted by molar-refractivity contribution is 9.11. The number of nitrogens with one attached hydrogen (secondary N) is 1. The van der Waals surface area contributed by atoms with Crippen molar-refractivity contribution in [1.29, 1.82) is 0 Å². The van der Waals surface area contributed by atoms with Gasteiger partial charge in [0, 0.05) is 6.54 Å². The lowest BCUT2D eigenvalue weighted by Crippen LogP contribution is -2.25. The van der Waals surface area contributed by atoms with Crippen molar-refractivity contribution in [2.45, 2.75) is 10.6 Å². The van der Waals surface area contributed by atoms with Crippen molar-refractivity contribution < 1.29 is 18.3 Å². The van der Waals surface area contributed by atoms with Gasteiger partial charge in [0.15, 0.2) is 0 Å². The Labute approximate surface area is 110 Å². The first-order valence-electron chi connectivity index (χ1n) is 3.99. The largest absolute Gasteiger partial charge is 0.481 e. The molecule has 5 nitrogen and oxygen atoms in total. The number of halogens is 2. The number of aliphatic carboxylic acids is 1. The van der Waals surface area contributed by atoms with E-state index >= 15 is 0 Å². The maximum atomic E-state index is 11.6. The predicted octanol–water partition coefficient (Wildman–Crippen LogP) is 1.92. The SMILES string of the molecule is O=C(O)CCNS(=O)(=O)c1cc(Cl)c(Br)s1. The van der Waals surface area contributed by atoms with Gasteiger partial charge < -0.3 is 5.11 Å². The second kappa shape index (κ2) is 5.46. The Balaban J connectivity index is 2.74. The summed E-state index contributed by atoms with van der Waals surface area (Å²) in [6.07, 6.45) is -0.264. The Morgan fingerprint density at radius 3 is 2.69 bits per heavy atom. The fourth-order valence-electron chi connectivity index (χ4n) is 0.823. The number of carbonyl (C=O) groups is 1. The van der Waals surface area contributed by atoms with Crippen LogP contribution in [-0.2, 0) is 14.8 Å². The lowest BCUT2D eigenvalue weighted by molar-refractivity contribution is -0.136. The molecular weight excluding hydrogens is 342 g/mol. The summed E-state index contributed by atoms with van der Waals surface area (Å²) in [5.74, 6) is -1.06. The van der Waals surface area contributed by atoms with Crippen LogP contribution < -0.4 is 4.72 Å². The van der Waals surface area contributed by atoms with E-state index in [1.807, 2.05) is 0 Å². The Morgan fingerprint density at radius 1 is 1.62 bits per heavy atom. The summed E-state index contributed by atoms with van der Waals surface area (Å²) in [5, 5.41) is 8.68. The van der Waals surface area contributed by atoms with Crippen molar-refractivity contribution in [2.24, 2.45) is 0 Å². The predicted molar refractivity (Wildman–Crippen MR) is 64.5 cm³/mol. The molecule has 90 valence electrons. The lowest BCUT2D eigenvalue weighted by Gasteiger charge is -2.01. The molecule has 0 radical (unpaired) electrons. The van der Waals surface area contributed by atoms with Crippen LogP contribution in [-0.4, -0.2) is 26.0 Å². The maximum Gasteiger partial charge on any atom is 0.304 e. The van der Waals surface area contributed by atoms with E-state index in [9.17, 15) is 13.2 Å². The van der Waals surface area contributed by atoms with E-state index in [1.54, 1.807) is 0 Å². The van der Waals surface area contributed by atoms with E-state index < -0.39 is 16.0 Å². The molecular formula is C7H7BrClNO4S2. The number of carboxylic acids is 1. The number of sulfonamides is 1. The third-order valence-corrected chi connectivity index (χ3v) is 5.93. The van der Waals surface area contributed by atoms with E-state index in [2.05, 4.69) is 20.7 Å². The minimum atomic E-state index is -3.67. The van der Waals surface area contributed by atoms with Gasteiger partial charge in [-0.25, -0.2) is 13.1 Å². The zero-order valence-electron chi connectivity index (χ0n) is 7.74. The molecule has 0 bridgehead atoms. The second-order valence-corrected chi connectivity index (χ2v) is 7.50. The molecule has 0 aromatic carbocycles. The van der Waals surface area contributed by atoms with Crippen molar-refractivity contribution in [2.75, 3.05) is 6.54 Å². The normalized spacial score (nSPS) is 11.6. The molecule has 9 heteroatoms. The van der Waals surface area contributed by atoms with Gasteiger partial charge >= 0.3 is 5.97 Å². The molecule has 16 heavy (non-hydrogen) atoms. The zero-order valence-corrected chi connectivity index (χ0v) is 11.7. The van der Waals surface area contributed by atoms with Gasteiger partial charge in [0.1, 0.15) is 4.21 Å². The molecule has 2 N–H and O–H groups in total. The standard InChI is InChI=1S/C7H7BrClNO4S2/c8-7-4(9)3-6(15-7)16(13,14)10-2-1-5(11)12/h3,10H,1-2H2,(H,11,12). The summed E-state index contributed by atoms with van der Waals surface area (Å²) in [6, 6.07) is 1.30. The van der Waals surface area contributed by atoms with E-state index in [0.717, 1.165) is 11.3 Å². The number of hydrogen-bond acceptors (Lipinski definition) is 4. The monoisotopic (exact) mass is 347 g/mol. The molecule has 0 unspecified atom stereocenters. The van der Waals surface area contributed by atoms with Gasteiger partial charge in [-0.15, -0.1) is 11.3 Å². The molecule has 1 rings (SSSR count). The van der Waals surface area contributed by atoms with Crippen LogP contribution in [0.25, 0.3) is 0 Å². The molecule has 0 aliphatic carbocycles. The maximum absolute atomic E-state index is 11.6. The number of carboxylic acid groups (broad SMARTS) is 1. The topological polar surface area (TPSA) is 83.5 Å². The van der Waals surface area contributed by atoms with Crippen LogP contribution >= 0.6 is 38.9 Å². The van der Waals surface area contributed by atoms with Crippen molar-refractivity contribution in [3.63, 3.8) is 0 Å². The molecule has 0 amide bonds. The average molecular weight is 349 g/mol. The van der Waals surface area contributed by atoms with Crippen LogP contribution in [0.1, 0.15) is 6.42 Å². The Hall–Kier alpha value is -0.150. The highest BCUT2D eigenvalue weighted by Crippen LogP contribution is 2.34. The van der Waals surface area contributed by atoms with E-state index in [1.165, 1.54) is 6.07 Å². The summed E-state index contributed by atoms with van der Waals surface area (Å²) in [6.45, 7) is -0.148. The Kier molecular flexibility index (Phi) is 4.74. The number of thiophene rings is 1. The summed E-state index contributed by atoms with van der Waals surface area (Å²) >= 11 is 9.76. The third-order valence-electron chi connectivity index (χ3n) is 1.52. The van der Waals surface area contributed by atoms with Crippen LogP contribution in [0.3, 0.4) is 0 Å². The van der Waals surface area contributed by atoms with Crippen molar-refractivity contribution in [3.8, 4) is 0 Å². The highest BCUT2D eigenvalue weighted by Gasteiger charge is 2.18. The van der Waals surface area contributed by atoms with Gasteiger partial charge in [-0.2, -0.15) is 0 Å². The van der Waals surface area contributed by atoms with Gasteiger partial charge in [-0.3, -0.25) is 4.79 Å². The van der Waals surface area contributed by atoms with Crippen molar-refractivity contribution in [3.05, 3.63) is 14.9 Å². The molecule has 0 saturated heterocycles. The molecule has 1 aromatic rings. The smallest absolute Gasteiger partial charge is 0.304 e. The molecule has 0 saturated carbocycles. The van der Waals surface area contributed by atoms with E-state index in [4.69, 9.17) is 16.7 Å². The number of hydrogen-bond donors (Lipinski definition) is 2. The Morgan fingerprint density at radius 2 is 2.25 bits per heavy atom. The zero-order chi connectivity index (χ0) is 12.3.